The first kappa shape index (κ1) is 33.9. The minimum atomic E-state index is 0.114. The Kier molecular flexibility index (Phi) is 12.2. The Hall–Kier alpha value is -4.50. The van der Waals surface area contributed by atoms with Gasteiger partial charge >= 0.3 is 0 Å². The van der Waals surface area contributed by atoms with Crippen LogP contribution in [-0.2, 0) is 12.8 Å². The van der Waals surface area contributed by atoms with E-state index in [4.69, 9.17) is 0 Å². The van der Waals surface area contributed by atoms with E-state index < -0.39 is 0 Å². The zero-order valence-electron chi connectivity index (χ0n) is 29.2. The predicted octanol–water partition coefficient (Wildman–Crippen LogP) is 10.7. The zero-order chi connectivity index (χ0) is 33.0. The van der Waals surface area contributed by atoms with Crippen LogP contribution in [0.25, 0.3) is 0 Å². The average molecular weight is 624 g/mol. The summed E-state index contributed by atoms with van der Waals surface area (Å²) in [7, 11) is 0. The van der Waals surface area contributed by atoms with Crippen molar-refractivity contribution in [2.45, 2.75) is 66.2 Å². The van der Waals surface area contributed by atoms with E-state index in [2.05, 4.69) is 165 Å². The average Bonchev–Trinajstić information content (AvgIpc) is 3.10. The molecule has 0 fully saturated rings. The van der Waals surface area contributed by atoms with Gasteiger partial charge in [0.25, 0.3) is 0 Å². The lowest BCUT2D eigenvalue weighted by Gasteiger charge is -2.28. The number of aryl methyl sites for hydroxylation is 5. The number of rotatable bonds is 16. The molecule has 0 heterocycles. The molecule has 3 nitrogen and oxygen atoms in total. The third-order valence-electron chi connectivity index (χ3n) is 9.51. The van der Waals surface area contributed by atoms with Gasteiger partial charge in [-0.3, -0.25) is 0 Å². The normalized spacial score (nSPS) is 11.1. The van der Waals surface area contributed by atoms with Gasteiger partial charge in [-0.25, -0.2) is 0 Å². The van der Waals surface area contributed by atoms with E-state index in [0.29, 0.717) is 0 Å². The Morgan fingerprint density at radius 1 is 0.511 bits per heavy atom. The van der Waals surface area contributed by atoms with Crippen LogP contribution < -0.4 is 15.5 Å². The Labute approximate surface area is 284 Å². The maximum Gasteiger partial charge on any atom is 0.0369 e. The molecular formula is C44H53N3. The summed E-state index contributed by atoms with van der Waals surface area (Å²) < 4.78 is 0. The fourth-order valence-corrected chi connectivity index (χ4v) is 6.69. The van der Waals surface area contributed by atoms with Crippen LogP contribution in [0.3, 0.4) is 0 Å². The largest absolute Gasteiger partial charge is 0.385 e. The van der Waals surface area contributed by atoms with E-state index in [1.54, 1.807) is 0 Å². The molecule has 0 aromatic heterocycles. The first-order valence-electron chi connectivity index (χ1n) is 17.6. The molecule has 5 aromatic rings. The summed E-state index contributed by atoms with van der Waals surface area (Å²) in [5, 5.41) is 7.51. The second-order valence-corrected chi connectivity index (χ2v) is 12.8. The van der Waals surface area contributed by atoms with Crippen molar-refractivity contribution in [3.8, 4) is 0 Å². The van der Waals surface area contributed by atoms with Crippen molar-refractivity contribution in [2.75, 3.05) is 41.7 Å². The number of nitrogens with one attached hydrogen (secondary N) is 2. The summed E-state index contributed by atoms with van der Waals surface area (Å²) >= 11 is 0. The fraction of sp³-hybridized carbons (Fsp3) is 0.318. The molecule has 47 heavy (non-hydrogen) atoms. The molecule has 0 radical (unpaired) electrons. The van der Waals surface area contributed by atoms with Gasteiger partial charge in [-0.05, 0) is 141 Å². The van der Waals surface area contributed by atoms with Crippen LogP contribution in [-0.4, -0.2) is 26.2 Å². The molecule has 0 amide bonds. The maximum absolute atomic E-state index is 3.76. The van der Waals surface area contributed by atoms with Gasteiger partial charge in [0.1, 0.15) is 0 Å². The second-order valence-electron chi connectivity index (χ2n) is 12.8. The van der Waals surface area contributed by atoms with Gasteiger partial charge in [0.2, 0.25) is 0 Å². The van der Waals surface area contributed by atoms with Crippen molar-refractivity contribution in [3.63, 3.8) is 0 Å². The van der Waals surface area contributed by atoms with Gasteiger partial charge in [0, 0.05) is 49.2 Å². The van der Waals surface area contributed by atoms with Crippen LogP contribution in [0.2, 0.25) is 0 Å². The molecule has 0 saturated carbocycles. The third-order valence-corrected chi connectivity index (χ3v) is 9.51. The summed E-state index contributed by atoms with van der Waals surface area (Å²) in [6.07, 6.45) is 4.35. The van der Waals surface area contributed by atoms with E-state index in [0.717, 1.165) is 51.9 Å². The summed E-state index contributed by atoms with van der Waals surface area (Å²) in [5.41, 5.74) is 14.5. The number of hydrogen-bond donors (Lipinski definition) is 2. The molecule has 2 N–H and O–H groups in total. The minimum absolute atomic E-state index is 0.114. The molecule has 0 atom stereocenters. The van der Waals surface area contributed by atoms with Crippen LogP contribution in [0, 0.1) is 20.8 Å². The fourth-order valence-electron chi connectivity index (χ4n) is 6.69. The molecule has 0 bridgehead atoms. The quantitative estimate of drug-likeness (QED) is 0.0846. The van der Waals surface area contributed by atoms with Crippen molar-refractivity contribution in [3.05, 3.63) is 160 Å². The monoisotopic (exact) mass is 623 g/mol. The van der Waals surface area contributed by atoms with Crippen LogP contribution in [0.5, 0.6) is 0 Å². The lowest BCUT2D eigenvalue weighted by molar-refractivity contribution is 0.856. The number of nitrogens with zero attached hydrogens (tertiary/aromatic N) is 1. The number of hydrogen-bond acceptors (Lipinski definition) is 3. The first-order chi connectivity index (χ1) is 23.0. The third kappa shape index (κ3) is 9.07. The highest BCUT2D eigenvalue weighted by molar-refractivity contribution is 5.62. The topological polar surface area (TPSA) is 27.3 Å². The summed E-state index contributed by atoms with van der Waals surface area (Å²) in [5.74, 6) is 0.114. The van der Waals surface area contributed by atoms with E-state index in [1.165, 1.54) is 61.6 Å². The van der Waals surface area contributed by atoms with Crippen LogP contribution in [0.4, 0.5) is 17.1 Å². The molecule has 0 saturated heterocycles. The lowest BCUT2D eigenvalue weighted by Crippen LogP contribution is -2.22. The highest BCUT2D eigenvalue weighted by Gasteiger charge is 2.24. The molecule has 0 spiro atoms. The highest BCUT2D eigenvalue weighted by atomic mass is 15.1. The lowest BCUT2D eigenvalue weighted by atomic mass is 9.79. The summed E-state index contributed by atoms with van der Waals surface area (Å²) in [6.45, 7) is 15.2. The molecular weight excluding hydrogens is 571 g/mol. The summed E-state index contributed by atoms with van der Waals surface area (Å²) in [4.78, 5) is 2.45. The van der Waals surface area contributed by atoms with Gasteiger partial charge in [-0.2, -0.15) is 0 Å². The van der Waals surface area contributed by atoms with Gasteiger partial charge in [0.15, 0.2) is 0 Å². The Morgan fingerprint density at radius 3 is 1.38 bits per heavy atom. The van der Waals surface area contributed by atoms with Crippen molar-refractivity contribution in [1.82, 2.24) is 0 Å². The first-order valence-corrected chi connectivity index (χ1v) is 17.6. The van der Waals surface area contributed by atoms with Gasteiger partial charge in [0.05, 0.1) is 0 Å². The van der Waals surface area contributed by atoms with Crippen molar-refractivity contribution < 1.29 is 0 Å². The molecule has 3 heteroatoms. The maximum atomic E-state index is 3.76. The molecule has 0 aliphatic rings. The Bertz CT molecular complexity index is 1590. The van der Waals surface area contributed by atoms with E-state index in [9.17, 15) is 0 Å². The van der Waals surface area contributed by atoms with Crippen molar-refractivity contribution in [2.24, 2.45) is 0 Å². The second kappa shape index (κ2) is 16.9. The SMILES string of the molecule is CCN(CC)c1ccc(C)c(C(c2cc(NCCCc3ccccc3)ccc2C)c2cc(NCCCc3ccccc3)ccc2C)c1. The summed E-state index contributed by atoms with van der Waals surface area (Å²) in [6, 6.07) is 42.5. The minimum Gasteiger partial charge on any atom is -0.385 e. The highest BCUT2D eigenvalue weighted by Crippen LogP contribution is 2.40. The molecule has 5 aromatic carbocycles. The van der Waals surface area contributed by atoms with Gasteiger partial charge in [-0.1, -0.05) is 78.9 Å². The van der Waals surface area contributed by atoms with Gasteiger partial charge < -0.3 is 15.5 Å². The predicted molar refractivity (Wildman–Crippen MR) is 205 cm³/mol. The van der Waals surface area contributed by atoms with Gasteiger partial charge in [-0.15, -0.1) is 0 Å². The molecule has 0 aliphatic heterocycles. The smallest absolute Gasteiger partial charge is 0.0369 e. The standard InChI is InChI=1S/C44H53N3/c1-6-47(7-2)40-27-24-35(5)43(32-40)44(41-30-38(25-22-33(41)3)45-28-14-20-36-16-10-8-11-17-36)42-31-39(26-23-34(42)4)46-29-15-21-37-18-12-9-13-19-37/h8-13,16-19,22-27,30-32,44-46H,6-7,14-15,20-21,28-29H2,1-5H3. The number of anilines is 3. The Morgan fingerprint density at radius 2 is 0.936 bits per heavy atom. The number of benzene rings is 5. The zero-order valence-corrected chi connectivity index (χ0v) is 29.2. The van der Waals surface area contributed by atoms with Crippen LogP contribution in [0.1, 0.15) is 77.1 Å². The van der Waals surface area contributed by atoms with Crippen LogP contribution in [0.15, 0.2) is 115 Å². The van der Waals surface area contributed by atoms with E-state index >= 15 is 0 Å². The van der Waals surface area contributed by atoms with Crippen molar-refractivity contribution >= 4 is 17.1 Å². The molecule has 0 aliphatic carbocycles. The molecule has 244 valence electrons. The molecule has 5 rings (SSSR count). The van der Waals surface area contributed by atoms with E-state index in [-0.39, 0.29) is 5.92 Å². The van der Waals surface area contributed by atoms with E-state index in [1.807, 2.05) is 0 Å². The van der Waals surface area contributed by atoms with Crippen LogP contribution >= 0.6 is 0 Å². The Balaban J connectivity index is 1.46. The molecule has 0 unspecified atom stereocenters. The van der Waals surface area contributed by atoms with Crippen molar-refractivity contribution in [1.29, 1.82) is 0 Å².